The van der Waals surface area contributed by atoms with E-state index >= 15 is 0 Å². The summed E-state index contributed by atoms with van der Waals surface area (Å²) in [7, 11) is -3.09. The number of nitrogens with one attached hydrogen (secondary N) is 1. The Morgan fingerprint density at radius 1 is 1.58 bits per heavy atom. The molecule has 6 heteroatoms. The zero-order valence-corrected chi connectivity index (χ0v) is 7.93. The predicted octanol–water partition coefficient (Wildman–Crippen LogP) is 0.239. The van der Waals surface area contributed by atoms with Gasteiger partial charge in [-0.25, -0.2) is 8.42 Å². The number of rotatable bonds is 2. The molecule has 0 saturated carbocycles. The molecule has 1 fully saturated rings. The van der Waals surface area contributed by atoms with Crippen LogP contribution in [-0.4, -0.2) is 38.5 Å². The number of sulfonamides is 1. The van der Waals surface area contributed by atoms with Gasteiger partial charge in [-0.15, -0.1) is 0 Å². The first kappa shape index (κ1) is 11.5. The molecule has 0 amide bonds. The van der Waals surface area contributed by atoms with E-state index in [9.17, 15) is 8.42 Å². The topological polar surface area (TPSA) is 70.5 Å². The summed E-state index contributed by atoms with van der Waals surface area (Å²) in [6.07, 6.45) is 0.805. The molecule has 1 saturated heterocycles. The van der Waals surface area contributed by atoms with Crippen molar-refractivity contribution < 1.29 is 13.3 Å². The van der Waals surface area contributed by atoms with Gasteiger partial charge in [-0.05, 0) is 20.1 Å². The Morgan fingerprint density at radius 2 is 2.17 bits per heavy atom. The van der Waals surface area contributed by atoms with Crippen molar-refractivity contribution in [2.45, 2.75) is 13.3 Å². The van der Waals surface area contributed by atoms with Crippen LogP contribution in [0.1, 0.15) is 13.3 Å². The average molecular weight is 194 g/mol. The third-order valence-corrected chi connectivity index (χ3v) is 3.03. The predicted molar refractivity (Wildman–Crippen MR) is 46.6 cm³/mol. The molecule has 1 N–H and O–H groups in total. The normalized spacial score (nSPS) is 18.4. The molecule has 0 bridgehead atoms. The van der Waals surface area contributed by atoms with E-state index in [-0.39, 0.29) is 5.75 Å². The quantitative estimate of drug-likeness (QED) is 0.640. The zero-order valence-electron chi connectivity index (χ0n) is 7.12. The third kappa shape index (κ3) is 2.88. The summed E-state index contributed by atoms with van der Waals surface area (Å²) in [6, 6.07) is 0. The fraction of sp³-hybridized carbons (Fsp3) is 0.833. The van der Waals surface area contributed by atoms with Gasteiger partial charge in [0.05, 0.1) is 12.4 Å². The van der Waals surface area contributed by atoms with E-state index in [1.807, 2.05) is 0 Å². The Balaban J connectivity index is 0.000000561. The minimum absolute atomic E-state index is 0.118. The minimum Gasteiger partial charge on any atom is -0.317 e. The molecule has 0 aliphatic carbocycles. The van der Waals surface area contributed by atoms with E-state index < -0.39 is 10.0 Å². The molecule has 1 rings (SSSR count). The highest BCUT2D eigenvalue weighted by atomic mass is 32.2. The third-order valence-electron chi connectivity index (χ3n) is 1.40. The van der Waals surface area contributed by atoms with Crippen LogP contribution in [0.5, 0.6) is 0 Å². The van der Waals surface area contributed by atoms with Crippen LogP contribution in [0.4, 0.5) is 0 Å². The van der Waals surface area contributed by atoms with Gasteiger partial charge in [0.25, 0.3) is 0 Å². The number of hydroxylamine groups is 1. The monoisotopic (exact) mass is 194 g/mol. The second kappa shape index (κ2) is 5.23. The molecule has 72 valence electrons. The van der Waals surface area contributed by atoms with Crippen LogP contribution >= 0.6 is 0 Å². The molecular formula is C6H14N2O3S. The first-order valence-corrected chi connectivity index (χ1v) is 5.26. The highest BCUT2D eigenvalue weighted by molar-refractivity contribution is 7.88. The molecule has 1 heterocycles. The lowest BCUT2D eigenvalue weighted by molar-refractivity contribution is -0.0282. The minimum atomic E-state index is -3.09. The Kier molecular flexibility index (Phi) is 5.03. The second-order valence-corrected chi connectivity index (χ2v) is 4.26. The summed E-state index contributed by atoms with van der Waals surface area (Å²) in [5, 5.41) is 5.50. The largest absolute Gasteiger partial charge is 0.317 e. The fourth-order valence-corrected chi connectivity index (χ4v) is 1.72. The molecular weight excluding hydrogens is 180 g/mol. The van der Waals surface area contributed by atoms with E-state index in [0.29, 0.717) is 13.2 Å². The molecule has 0 atom stereocenters. The lowest BCUT2D eigenvalue weighted by atomic mass is 10.5. The molecule has 1 aliphatic heterocycles. The van der Waals surface area contributed by atoms with Crippen LogP contribution in [0.2, 0.25) is 0 Å². The van der Waals surface area contributed by atoms with Crippen LogP contribution in [0, 0.1) is 5.41 Å². The molecule has 0 aromatic rings. The van der Waals surface area contributed by atoms with Gasteiger partial charge in [0.2, 0.25) is 10.0 Å². The molecule has 1 aliphatic rings. The van der Waals surface area contributed by atoms with Gasteiger partial charge in [-0.3, -0.25) is 4.84 Å². The molecule has 0 spiro atoms. The Bertz CT molecular complexity index is 209. The van der Waals surface area contributed by atoms with Crippen LogP contribution in [0.15, 0.2) is 0 Å². The maximum absolute atomic E-state index is 11.0. The van der Waals surface area contributed by atoms with Crippen LogP contribution in [0.3, 0.4) is 0 Å². The number of hydrogen-bond acceptors (Lipinski definition) is 4. The summed E-state index contributed by atoms with van der Waals surface area (Å²) < 4.78 is 23.1. The molecule has 12 heavy (non-hydrogen) atoms. The summed E-state index contributed by atoms with van der Waals surface area (Å²) >= 11 is 0. The lowest BCUT2D eigenvalue weighted by Gasteiger charge is -2.11. The van der Waals surface area contributed by atoms with Gasteiger partial charge in [-0.2, -0.15) is 0 Å². The highest BCUT2D eigenvalue weighted by Gasteiger charge is 2.24. The van der Waals surface area contributed by atoms with Gasteiger partial charge >= 0.3 is 0 Å². The maximum Gasteiger partial charge on any atom is 0.235 e. The van der Waals surface area contributed by atoms with Crippen LogP contribution in [0.25, 0.3) is 0 Å². The molecule has 0 aromatic heterocycles. The fourth-order valence-electron chi connectivity index (χ4n) is 0.788. The van der Waals surface area contributed by atoms with Crippen molar-refractivity contribution in [3.8, 4) is 0 Å². The van der Waals surface area contributed by atoms with Gasteiger partial charge in [-0.1, -0.05) is 4.47 Å². The van der Waals surface area contributed by atoms with Crippen molar-refractivity contribution in [3.05, 3.63) is 0 Å². The molecule has 0 unspecified atom stereocenters. The van der Waals surface area contributed by atoms with E-state index in [4.69, 9.17) is 10.2 Å². The van der Waals surface area contributed by atoms with Crippen molar-refractivity contribution >= 4 is 16.7 Å². The molecule has 0 aromatic carbocycles. The number of nitrogens with zero attached hydrogens (tertiary/aromatic N) is 1. The average Bonchev–Trinajstić information content (AvgIpc) is 2.61. The van der Waals surface area contributed by atoms with Crippen molar-refractivity contribution in [3.63, 3.8) is 0 Å². The van der Waals surface area contributed by atoms with Gasteiger partial charge in [0, 0.05) is 6.54 Å². The van der Waals surface area contributed by atoms with Crippen molar-refractivity contribution in [1.29, 1.82) is 5.41 Å². The smallest absolute Gasteiger partial charge is 0.235 e. The number of hydrogen-bond donors (Lipinski definition) is 1. The van der Waals surface area contributed by atoms with E-state index in [0.717, 1.165) is 10.9 Å². The Hall–Kier alpha value is -0.460. The van der Waals surface area contributed by atoms with E-state index in [1.165, 1.54) is 0 Å². The van der Waals surface area contributed by atoms with Crippen LogP contribution in [-0.2, 0) is 14.9 Å². The Labute approximate surface area is 72.8 Å². The van der Waals surface area contributed by atoms with Crippen LogP contribution < -0.4 is 0 Å². The molecule has 0 radical (unpaired) electrons. The SMILES string of the molecule is C=N.CCS(=O)(=O)N1CCCO1. The first-order chi connectivity index (χ1) is 5.67. The zero-order chi connectivity index (χ0) is 9.61. The van der Waals surface area contributed by atoms with E-state index in [1.54, 1.807) is 6.92 Å². The van der Waals surface area contributed by atoms with Crippen molar-refractivity contribution in [1.82, 2.24) is 4.47 Å². The van der Waals surface area contributed by atoms with Crippen molar-refractivity contribution in [2.24, 2.45) is 0 Å². The summed E-state index contributed by atoms with van der Waals surface area (Å²) in [6.45, 7) is 5.15. The summed E-state index contributed by atoms with van der Waals surface area (Å²) in [5.41, 5.74) is 0. The first-order valence-electron chi connectivity index (χ1n) is 3.65. The molecule has 5 nitrogen and oxygen atoms in total. The van der Waals surface area contributed by atoms with Crippen molar-refractivity contribution in [2.75, 3.05) is 18.9 Å². The Morgan fingerprint density at radius 3 is 2.50 bits per heavy atom. The van der Waals surface area contributed by atoms with Gasteiger partial charge in [0.1, 0.15) is 0 Å². The highest BCUT2D eigenvalue weighted by Crippen LogP contribution is 2.09. The lowest BCUT2D eigenvalue weighted by Crippen LogP contribution is -2.28. The van der Waals surface area contributed by atoms with Gasteiger partial charge < -0.3 is 5.41 Å². The standard InChI is InChI=1S/C5H11NO3S.CH3N/c1-2-10(7,8)6-4-3-5-9-6;1-2/h2-5H2,1H3;2H,1H2. The summed E-state index contributed by atoms with van der Waals surface area (Å²) in [5.74, 6) is 0.118. The van der Waals surface area contributed by atoms with Gasteiger partial charge in [0.15, 0.2) is 0 Å². The maximum atomic E-state index is 11.0. The second-order valence-electron chi connectivity index (χ2n) is 2.11. The summed E-state index contributed by atoms with van der Waals surface area (Å²) in [4.78, 5) is 4.85. The van der Waals surface area contributed by atoms with E-state index in [2.05, 4.69) is 6.72 Å².